The van der Waals surface area contributed by atoms with Crippen LogP contribution in [0.1, 0.15) is 16.8 Å². The van der Waals surface area contributed by atoms with Crippen LogP contribution in [0.4, 0.5) is 5.82 Å². The molecule has 10 heteroatoms. The summed E-state index contributed by atoms with van der Waals surface area (Å²) < 4.78 is 1.76. The van der Waals surface area contributed by atoms with Gasteiger partial charge in [0, 0.05) is 36.5 Å². The number of aromatic hydroxyl groups is 1. The SMILES string of the molecule is CBc1cnn2c(NCCCNC(=O)c3cccc(ON)c3)cc(-c3ccccc3O)nc12. The van der Waals surface area contributed by atoms with Gasteiger partial charge in [-0.05, 0) is 42.2 Å². The molecule has 4 aromatic rings. The van der Waals surface area contributed by atoms with E-state index in [-0.39, 0.29) is 11.7 Å². The summed E-state index contributed by atoms with van der Waals surface area (Å²) in [5.41, 5.74) is 3.57. The Morgan fingerprint density at radius 1 is 1.18 bits per heavy atom. The maximum atomic E-state index is 12.3. The van der Waals surface area contributed by atoms with Crippen molar-refractivity contribution in [3.8, 4) is 22.8 Å². The second-order valence-electron chi connectivity index (χ2n) is 7.48. The molecule has 0 fully saturated rings. The van der Waals surface area contributed by atoms with Crippen molar-refractivity contribution >= 4 is 30.1 Å². The summed E-state index contributed by atoms with van der Waals surface area (Å²) in [4.78, 5) is 21.7. The van der Waals surface area contributed by atoms with E-state index in [9.17, 15) is 9.90 Å². The molecule has 0 bridgehead atoms. The number of aromatic nitrogens is 3. The monoisotopic (exact) mass is 444 g/mol. The maximum Gasteiger partial charge on any atom is 0.251 e. The Morgan fingerprint density at radius 3 is 2.82 bits per heavy atom. The summed E-state index contributed by atoms with van der Waals surface area (Å²) in [5.74, 6) is 6.32. The molecule has 5 N–H and O–H groups in total. The summed E-state index contributed by atoms with van der Waals surface area (Å²) in [6.07, 6.45) is 2.50. The number of anilines is 1. The molecule has 2 aromatic heterocycles. The van der Waals surface area contributed by atoms with E-state index in [4.69, 9.17) is 10.9 Å². The number of phenolic OH excluding ortho intramolecular Hbond substituents is 1. The van der Waals surface area contributed by atoms with Crippen LogP contribution in [0, 0.1) is 0 Å². The van der Waals surface area contributed by atoms with Crippen LogP contribution in [-0.2, 0) is 0 Å². The molecule has 168 valence electrons. The number of carbonyl (C=O) groups is 1. The number of fused-ring (bicyclic) bond motifs is 1. The lowest BCUT2D eigenvalue weighted by molar-refractivity contribution is 0.0953. The van der Waals surface area contributed by atoms with Gasteiger partial charge in [-0.25, -0.2) is 4.98 Å². The molecule has 0 aliphatic carbocycles. The molecule has 2 heterocycles. The van der Waals surface area contributed by atoms with Crippen LogP contribution in [0.2, 0.25) is 6.82 Å². The number of para-hydroxylation sites is 1. The number of hydrogen-bond acceptors (Lipinski definition) is 7. The Balaban J connectivity index is 1.44. The third-order valence-electron chi connectivity index (χ3n) is 5.28. The summed E-state index contributed by atoms with van der Waals surface area (Å²) >= 11 is 0. The Bertz CT molecular complexity index is 1280. The fourth-order valence-corrected chi connectivity index (χ4v) is 3.53. The lowest BCUT2D eigenvalue weighted by Gasteiger charge is -2.12. The number of carbonyl (C=O) groups excluding carboxylic acids is 1. The molecule has 0 aliphatic rings. The molecule has 0 spiro atoms. The van der Waals surface area contributed by atoms with Crippen molar-refractivity contribution < 1.29 is 14.7 Å². The highest BCUT2D eigenvalue weighted by Crippen LogP contribution is 2.29. The zero-order valence-corrected chi connectivity index (χ0v) is 18.3. The zero-order chi connectivity index (χ0) is 23.2. The molecule has 0 unspecified atom stereocenters. The summed E-state index contributed by atoms with van der Waals surface area (Å²) in [5, 5.41) is 21.0. The third-order valence-corrected chi connectivity index (χ3v) is 5.28. The van der Waals surface area contributed by atoms with Crippen LogP contribution >= 0.6 is 0 Å². The predicted molar refractivity (Wildman–Crippen MR) is 129 cm³/mol. The zero-order valence-electron chi connectivity index (χ0n) is 18.3. The van der Waals surface area contributed by atoms with E-state index in [0.717, 1.165) is 24.2 Å². The molecule has 1 amide bonds. The third kappa shape index (κ3) is 4.91. The van der Waals surface area contributed by atoms with Gasteiger partial charge in [-0.15, -0.1) is 0 Å². The van der Waals surface area contributed by atoms with E-state index in [1.54, 1.807) is 40.9 Å². The van der Waals surface area contributed by atoms with Gasteiger partial charge in [-0.2, -0.15) is 15.5 Å². The van der Waals surface area contributed by atoms with Gasteiger partial charge in [0.2, 0.25) is 0 Å². The van der Waals surface area contributed by atoms with Crippen LogP contribution < -0.4 is 26.8 Å². The largest absolute Gasteiger partial charge is 0.507 e. The number of amides is 1. The van der Waals surface area contributed by atoms with E-state index in [1.165, 1.54) is 0 Å². The van der Waals surface area contributed by atoms with E-state index in [1.807, 2.05) is 24.4 Å². The Morgan fingerprint density at radius 2 is 2.03 bits per heavy atom. The van der Waals surface area contributed by atoms with Crippen LogP contribution in [0.5, 0.6) is 11.5 Å². The lowest BCUT2D eigenvalue weighted by Crippen LogP contribution is -2.26. The van der Waals surface area contributed by atoms with Crippen molar-refractivity contribution in [1.82, 2.24) is 19.9 Å². The standard InChI is InChI=1S/C23H25BN6O3/c1-24-18-14-28-30-21(13-19(29-22(18)30)17-8-2-3-9-20(17)31)26-10-5-11-27-23(32)15-6-4-7-16(12-15)33-25/h2-4,6-9,12-14,24,26,31H,5,10-11,25H2,1H3,(H,27,32). The van der Waals surface area contributed by atoms with Gasteiger partial charge >= 0.3 is 0 Å². The second-order valence-corrected chi connectivity index (χ2v) is 7.48. The maximum absolute atomic E-state index is 12.3. The molecular formula is C23H25BN6O3. The summed E-state index contributed by atoms with van der Waals surface area (Å²) in [6, 6.07) is 15.7. The molecule has 9 nitrogen and oxygen atoms in total. The van der Waals surface area contributed by atoms with Gasteiger partial charge in [0.25, 0.3) is 5.91 Å². The van der Waals surface area contributed by atoms with Crippen LogP contribution in [0.25, 0.3) is 16.9 Å². The molecule has 0 aliphatic heterocycles. The summed E-state index contributed by atoms with van der Waals surface area (Å²) in [7, 11) is 0.794. The van der Waals surface area contributed by atoms with Crippen molar-refractivity contribution in [2.45, 2.75) is 13.2 Å². The van der Waals surface area contributed by atoms with Gasteiger partial charge in [-0.1, -0.05) is 25.0 Å². The number of nitrogens with two attached hydrogens (primary N) is 1. The van der Waals surface area contributed by atoms with Crippen molar-refractivity contribution in [3.63, 3.8) is 0 Å². The van der Waals surface area contributed by atoms with Crippen LogP contribution in [0.3, 0.4) is 0 Å². The molecule has 0 saturated heterocycles. The number of nitrogens with zero attached hydrogens (tertiary/aromatic N) is 3. The van der Waals surface area contributed by atoms with E-state index >= 15 is 0 Å². The Hall–Kier alpha value is -4.05. The predicted octanol–water partition coefficient (Wildman–Crippen LogP) is 1.70. The van der Waals surface area contributed by atoms with E-state index in [2.05, 4.69) is 27.4 Å². The highest BCUT2D eigenvalue weighted by Gasteiger charge is 2.14. The molecule has 0 saturated carbocycles. The summed E-state index contributed by atoms with van der Waals surface area (Å²) in [6.45, 7) is 3.14. The van der Waals surface area contributed by atoms with Crippen molar-refractivity contribution in [1.29, 1.82) is 0 Å². The first-order valence-electron chi connectivity index (χ1n) is 10.8. The lowest BCUT2D eigenvalue weighted by atomic mass is 9.75. The average Bonchev–Trinajstić information content (AvgIpc) is 3.27. The van der Waals surface area contributed by atoms with Crippen molar-refractivity contribution in [2.24, 2.45) is 5.90 Å². The first kappa shape index (κ1) is 22.2. The minimum atomic E-state index is -0.193. The minimum absolute atomic E-state index is 0.171. The number of rotatable bonds is 9. The fraction of sp³-hybridized carbons (Fsp3) is 0.174. The fourth-order valence-electron chi connectivity index (χ4n) is 3.53. The topological polar surface area (TPSA) is 127 Å². The van der Waals surface area contributed by atoms with Crippen LogP contribution in [0.15, 0.2) is 60.8 Å². The molecule has 4 rings (SSSR count). The van der Waals surface area contributed by atoms with Gasteiger partial charge in [0.05, 0.1) is 5.69 Å². The Kier molecular flexibility index (Phi) is 6.75. The molecule has 33 heavy (non-hydrogen) atoms. The molecule has 2 aromatic carbocycles. The van der Waals surface area contributed by atoms with Gasteiger partial charge < -0.3 is 20.6 Å². The van der Waals surface area contributed by atoms with E-state index < -0.39 is 0 Å². The van der Waals surface area contributed by atoms with Crippen molar-refractivity contribution in [2.75, 3.05) is 18.4 Å². The first-order chi connectivity index (χ1) is 16.1. The number of benzene rings is 2. The minimum Gasteiger partial charge on any atom is -0.507 e. The van der Waals surface area contributed by atoms with Crippen LogP contribution in [-0.4, -0.2) is 46.0 Å². The second kappa shape index (κ2) is 10.1. The Labute approximate surface area is 191 Å². The van der Waals surface area contributed by atoms with Gasteiger partial charge in [0.1, 0.15) is 17.3 Å². The quantitative estimate of drug-likeness (QED) is 0.176. The highest BCUT2D eigenvalue weighted by atomic mass is 16.6. The highest BCUT2D eigenvalue weighted by molar-refractivity contribution is 6.54. The van der Waals surface area contributed by atoms with Crippen molar-refractivity contribution in [3.05, 3.63) is 66.4 Å². The normalized spacial score (nSPS) is 10.7. The smallest absolute Gasteiger partial charge is 0.251 e. The van der Waals surface area contributed by atoms with Gasteiger partial charge in [-0.3, -0.25) is 4.79 Å². The number of phenols is 1. The molecule has 0 radical (unpaired) electrons. The first-order valence-corrected chi connectivity index (χ1v) is 10.8. The number of nitrogens with one attached hydrogen (secondary N) is 2. The molecular weight excluding hydrogens is 419 g/mol. The average molecular weight is 444 g/mol. The van der Waals surface area contributed by atoms with Gasteiger partial charge in [0.15, 0.2) is 12.9 Å². The molecule has 0 atom stereocenters. The number of hydrogen-bond donors (Lipinski definition) is 4. The van der Waals surface area contributed by atoms with E-state index in [0.29, 0.717) is 42.1 Å².